The Morgan fingerprint density at radius 1 is 1.43 bits per heavy atom. The van der Waals surface area contributed by atoms with Gasteiger partial charge in [-0.15, -0.1) is 0 Å². The average molecular weight is 289 g/mol. The molecule has 2 rings (SSSR count). The predicted molar refractivity (Wildman–Crippen MR) is 80.5 cm³/mol. The minimum atomic E-state index is -0.210. The van der Waals surface area contributed by atoms with Gasteiger partial charge < -0.3 is 4.90 Å². The van der Waals surface area contributed by atoms with E-state index in [9.17, 15) is 9.18 Å². The van der Waals surface area contributed by atoms with Crippen LogP contribution in [0.15, 0.2) is 36.7 Å². The monoisotopic (exact) mass is 289 g/mol. The lowest BCUT2D eigenvalue weighted by atomic mass is 9.99. The van der Waals surface area contributed by atoms with Crippen molar-refractivity contribution in [3.63, 3.8) is 0 Å². The van der Waals surface area contributed by atoms with Crippen molar-refractivity contribution in [1.82, 2.24) is 9.78 Å². The van der Waals surface area contributed by atoms with Crippen LogP contribution in [0.25, 0.3) is 0 Å². The Kier molecular flexibility index (Phi) is 4.73. The normalized spacial score (nSPS) is 12.2. The summed E-state index contributed by atoms with van der Waals surface area (Å²) >= 11 is 0. The molecule has 5 heteroatoms. The van der Waals surface area contributed by atoms with E-state index < -0.39 is 0 Å². The van der Waals surface area contributed by atoms with Crippen molar-refractivity contribution in [3.05, 3.63) is 48.0 Å². The summed E-state index contributed by atoms with van der Waals surface area (Å²) in [6.07, 6.45) is 4.62. The highest BCUT2D eigenvalue weighted by Gasteiger charge is 2.19. The van der Waals surface area contributed by atoms with Crippen LogP contribution in [-0.2, 0) is 18.3 Å². The largest absolute Gasteiger partial charge is 0.312 e. The Morgan fingerprint density at radius 3 is 2.76 bits per heavy atom. The number of halogens is 1. The first-order chi connectivity index (χ1) is 9.99. The molecule has 4 nitrogen and oxygen atoms in total. The molecule has 1 aromatic heterocycles. The summed E-state index contributed by atoms with van der Waals surface area (Å²) in [5, 5.41) is 4.06. The zero-order valence-corrected chi connectivity index (χ0v) is 12.6. The van der Waals surface area contributed by atoms with Crippen molar-refractivity contribution >= 4 is 11.6 Å². The number of carbonyl (C=O) groups is 1. The molecular weight excluding hydrogens is 269 g/mol. The Morgan fingerprint density at radius 2 is 2.14 bits per heavy atom. The van der Waals surface area contributed by atoms with E-state index >= 15 is 0 Å². The number of aryl methyl sites for hydroxylation is 2. The van der Waals surface area contributed by atoms with Gasteiger partial charge in [0.15, 0.2) is 0 Å². The zero-order chi connectivity index (χ0) is 15.4. The molecule has 0 fully saturated rings. The lowest BCUT2D eigenvalue weighted by Crippen LogP contribution is -2.31. The van der Waals surface area contributed by atoms with Crippen LogP contribution in [0.5, 0.6) is 0 Å². The molecule has 1 amide bonds. The highest BCUT2D eigenvalue weighted by molar-refractivity contribution is 5.94. The standard InChI is InChI=1S/C16H20FN3O/c1-12(8-9-13-6-4-5-7-15(13)17)16(21)20(3)14-10-18-19(2)11-14/h4-7,10-12H,8-9H2,1-3H3. The summed E-state index contributed by atoms with van der Waals surface area (Å²) in [5.41, 5.74) is 1.42. The number of hydrogen-bond acceptors (Lipinski definition) is 2. The second-order valence-corrected chi connectivity index (χ2v) is 5.30. The molecular formula is C16H20FN3O. The summed E-state index contributed by atoms with van der Waals surface area (Å²) in [7, 11) is 3.54. The van der Waals surface area contributed by atoms with E-state index in [-0.39, 0.29) is 17.6 Å². The first kappa shape index (κ1) is 15.2. The van der Waals surface area contributed by atoms with Gasteiger partial charge in [-0.2, -0.15) is 5.10 Å². The fourth-order valence-electron chi connectivity index (χ4n) is 2.24. The maximum atomic E-state index is 13.6. The van der Waals surface area contributed by atoms with Crippen LogP contribution in [0.4, 0.5) is 10.1 Å². The van der Waals surface area contributed by atoms with E-state index in [1.54, 1.807) is 41.2 Å². The molecule has 2 aromatic rings. The van der Waals surface area contributed by atoms with Crippen LogP contribution in [0.1, 0.15) is 18.9 Å². The minimum Gasteiger partial charge on any atom is -0.312 e. The summed E-state index contributed by atoms with van der Waals surface area (Å²) < 4.78 is 15.2. The molecule has 112 valence electrons. The van der Waals surface area contributed by atoms with Gasteiger partial charge in [0, 0.05) is 26.2 Å². The van der Waals surface area contributed by atoms with Gasteiger partial charge in [-0.3, -0.25) is 9.48 Å². The fourth-order valence-corrected chi connectivity index (χ4v) is 2.24. The first-order valence-corrected chi connectivity index (χ1v) is 6.98. The highest BCUT2D eigenvalue weighted by atomic mass is 19.1. The molecule has 0 aliphatic rings. The highest BCUT2D eigenvalue weighted by Crippen LogP contribution is 2.18. The second kappa shape index (κ2) is 6.52. The average Bonchev–Trinajstić information content (AvgIpc) is 2.91. The lowest BCUT2D eigenvalue weighted by molar-refractivity contribution is -0.121. The lowest BCUT2D eigenvalue weighted by Gasteiger charge is -2.20. The van der Waals surface area contributed by atoms with Crippen LogP contribution < -0.4 is 4.90 Å². The quantitative estimate of drug-likeness (QED) is 0.849. The summed E-state index contributed by atoms with van der Waals surface area (Å²) in [4.78, 5) is 14.0. The number of carbonyl (C=O) groups excluding carboxylic acids is 1. The van der Waals surface area contributed by atoms with E-state index in [2.05, 4.69) is 5.10 Å². The minimum absolute atomic E-state index is 0.0133. The van der Waals surface area contributed by atoms with Crippen molar-refractivity contribution in [2.45, 2.75) is 19.8 Å². The van der Waals surface area contributed by atoms with Gasteiger partial charge in [-0.05, 0) is 24.5 Å². The Labute approximate surface area is 124 Å². The third-order valence-corrected chi connectivity index (χ3v) is 3.64. The van der Waals surface area contributed by atoms with Crippen molar-refractivity contribution < 1.29 is 9.18 Å². The van der Waals surface area contributed by atoms with E-state index in [4.69, 9.17) is 0 Å². The summed E-state index contributed by atoms with van der Waals surface area (Å²) in [5.74, 6) is -0.369. The van der Waals surface area contributed by atoms with Crippen LogP contribution in [0.2, 0.25) is 0 Å². The predicted octanol–water partition coefficient (Wildman–Crippen LogP) is 2.79. The molecule has 0 N–H and O–H groups in total. The Hall–Kier alpha value is -2.17. The summed E-state index contributed by atoms with van der Waals surface area (Å²) in [6, 6.07) is 6.69. The van der Waals surface area contributed by atoms with Crippen LogP contribution in [0.3, 0.4) is 0 Å². The van der Waals surface area contributed by atoms with Crippen molar-refractivity contribution in [1.29, 1.82) is 0 Å². The maximum absolute atomic E-state index is 13.6. The van der Waals surface area contributed by atoms with Crippen LogP contribution >= 0.6 is 0 Å². The van der Waals surface area contributed by atoms with Gasteiger partial charge in [0.2, 0.25) is 5.91 Å². The van der Waals surface area contributed by atoms with E-state index in [1.807, 2.05) is 20.0 Å². The van der Waals surface area contributed by atoms with E-state index in [0.717, 1.165) is 5.69 Å². The SMILES string of the molecule is CC(CCc1ccccc1F)C(=O)N(C)c1cnn(C)c1. The van der Waals surface area contributed by atoms with Gasteiger partial charge in [-0.1, -0.05) is 25.1 Å². The van der Waals surface area contributed by atoms with Gasteiger partial charge in [0.25, 0.3) is 0 Å². The first-order valence-electron chi connectivity index (χ1n) is 6.98. The Balaban J connectivity index is 1.95. The van der Waals surface area contributed by atoms with Gasteiger partial charge in [0.1, 0.15) is 5.82 Å². The molecule has 1 aromatic carbocycles. The fraction of sp³-hybridized carbons (Fsp3) is 0.375. The van der Waals surface area contributed by atoms with Crippen molar-refractivity contribution in [3.8, 4) is 0 Å². The molecule has 1 heterocycles. The molecule has 0 radical (unpaired) electrons. The number of hydrogen-bond donors (Lipinski definition) is 0. The number of amides is 1. The van der Waals surface area contributed by atoms with Crippen molar-refractivity contribution in [2.24, 2.45) is 13.0 Å². The molecule has 0 aliphatic heterocycles. The Bertz CT molecular complexity index is 623. The number of rotatable bonds is 5. The molecule has 1 atom stereocenters. The molecule has 0 saturated carbocycles. The van der Waals surface area contributed by atoms with Crippen LogP contribution in [-0.4, -0.2) is 22.7 Å². The van der Waals surface area contributed by atoms with E-state index in [0.29, 0.717) is 18.4 Å². The van der Waals surface area contributed by atoms with Crippen molar-refractivity contribution in [2.75, 3.05) is 11.9 Å². The third-order valence-electron chi connectivity index (χ3n) is 3.64. The van der Waals surface area contributed by atoms with Gasteiger partial charge >= 0.3 is 0 Å². The number of benzene rings is 1. The number of anilines is 1. The number of nitrogens with zero attached hydrogens (tertiary/aromatic N) is 3. The summed E-state index contributed by atoms with van der Waals surface area (Å²) in [6.45, 7) is 1.87. The van der Waals surface area contributed by atoms with Crippen LogP contribution in [0, 0.1) is 11.7 Å². The molecule has 1 unspecified atom stereocenters. The molecule has 0 bridgehead atoms. The van der Waals surface area contributed by atoms with Gasteiger partial charge in [0.05, 0.1) is 11.9 Å². The molecule has 0 spiro atoms. The third kappa shape index (κ3) is 3.68. The molecule has 21 heavy (non-hydrogen) atoms. The maximum Gasteiger partial charge on any atom is 0.229 e. The molecule has 0 saturated heterocycles. The smallest absolute Gasteiger partial charge is 0.229 e. The molecule has 0 aliphatic carbocycles. The van der Waals surface area contributed by atoms with E-state index in [1.165, 1.54) is 6.07 Å². The second-order valence-electron chi connectivity index (χ2n) is 5.30. The zero-order valence-electron chi connectivity index (χ0n) is 12.6. The van der Waals surface area contributed by atoms with Gasteiger partial charge in [-0.25, -0.2) is 4.39 Å². The number of aromatic nitrogens is 2. The topological polar surface area (TPSA) is 38.1 Å².